The lowest BCUT2D eigenvalue weighted by Gasteiger charge is -2.22. The van der Waals surface area contributed by atoms with Crippen LogP contribution in [-0.2, 0) is 13.1 Å². The van der Waals surface area contributed by atoms with Crippen LogP contribution in [0.25, 0.3) is 0 Å². The van der Waals surface area contributed by atoms with E-state index in [1.54, 1.807) is 12.1 Å². The fraction of sp³-hybridized carbons (Fsp3) is 0.350. The van der Waals surface area contributed by atoms with Crippen molar-refractivity contribution in [2.75, 3.05) is 26.2 Å². The van der Waals surface area contributed by atoms with Crippen LogP contribution in [0.5, 0.6) is 0 Å². The molecule has 25 heavy (non-hydrogen) atoms. The van der Waals surface area contributed by atoms with E-state index in [1.807, 2.05) is 24.3 Å². The third-order valence-electron chi connectivity index (χ3n) is 4.61. The maximum atomic E-state index is 10.9. The lowest BCUT2D eigenvalue weighted by atomic mass is 10.1. The van der Waals surface area contributed by atoms with Gasteiger partial charge in [0.2, 0.25) is 0 Å². The number of benzene rings is 2. The molecule has 3 rings (SSSR count). The van der Waals surface area contributed by atoms with Crippen molar-refractivity contribution in [3.63, 3.8) is 0 Å². The Morgan fingerprint density at radius 3 is 1.80 bits per heavy atom. The van der Waals surface area contributed by atoms with Crippen LogP contribution in [0.4, 0.5) is 0 Å². The second kappa shape index (κ2) is 8.48. The Balaban J connectivity index is 1.52. The molecule has 0 amide bonds. The molecule has 1 heterocycles. The monoisotopic (exact) mass is 358 g/mol. The van der Waals surface area contributed by atoms with Gasteiger partial charge >= 0.3 is 5.97 Å². The summed E-state index contributed by atoms with van der Waals surface area (Å²) < 4.78 is 0. The van der Waals surface area contributed by atoms with E-state index in [1.165, 1.54) is 5.56 Å². The normalized spacial score (nSPS) is 16.5. The zero-order chi connectivity index (χ0) is 17.6. The smallest absolute Gasteiger partial charge is 0.335 e. The molecule has 0 spiro atoms. The number of halogens is 1. The summed E-state index contributed by atoms with van der Waals surface area (Å²) in [6, 6.07) is 15.3. The van der Waals surface area contributed by atoms with Gasteiger partial charge in [0.05, 0.1) is 5.56 Å². The number of aromatic carboxylic acids is 1. The number of nitrogens with zero attached hydrogens (tertiary/aromatic N) is 2. The van der Waals surface area contributed by atoms with Gasteiger partial charge in [0.25, 0.3) is 0 Å². The van der Waals surface area contributed by atoms with Crippen LogP contribution in [0.1, 0.15) is 27.9 Å². The van der Waals surface area contributed by atoms with Gasteiger partial charge in [-0.05, 0) is 54.9 Å². The third-order valence-corrected chi connectivity index (χ3v) is 4.86. The van der Waals surface area contributed by atoms with Gasteiger partial charge in [0.1, 0.15) is 0 Å². The summed E-state index contributed by atoms with van der Waals surface area (Å²) >= 11 is 5.95. The molecule has 0 saturated carbocycles. The quantitative estimate of drug-likeness (QED) is 0.884. The molecular weight excluding hydrogens is 336 g/mol. The number of carbonyl (C=O) groups is 1. The number of rotatable bonds is 5. The first kappa shape index (κ1) is 17.9. The topological polar surface area (TPSA) is 43.8 Å². The predicted octanol–water partition coefficient (Wildman–Crippen LogP) is 3.75. The number of carboxylic acid groups (broad SMARTS) is 1. The summed E-state index contributed by atoms with van der Waals surface area (Å²) in [5.41, 5.74) is 2.80. The minimum atomic E-state index is -0.876. The second-order valence-electron chi connectivity index (χ2n) is 6.53. The molecule has 0 unspecified atom stereocenters. The van der Waals surface area contributed by atoms with Gasteiger partial charge in [-0.2, -0.15) is 0 Å². The van der Waals surface area contributed by atoms with Crippen LogP contribution in [-0.4, -0.2) is 47.1 Å². The van der Waals surface area contributed by atoms with Gasteiger partial charge in [0, 0.05) is 31.2 Å². The van der Waals surface area contributed by atoms with E-state index in [9.17, 15) is 4.79 Å². The van der Waals surface area contributed by atoms with Crippen LogP contribution in [0.2, 0.25) is 5.02 Å². The van der Waals surface area contributed by atoms with Gasteiger partial charge in [-0.15, -0.1) is 0 Å². The molecule has 2 aromatic carbocycles. The zero-order valence-electron chi connectivity index (χ0n) is 14.2. The first-order valence-electron chi connectivity index (χ1n) is 8.61. The molecule has 1 aliphatic rings. The van der Waals surface area contributed by atoms with Crippen LogP contribution in [0.15, 0.2) is 48.5 Å². The molecule has 132 valence electrons. The fourth-order valence-corrected chi connectivity index (χ4v) is 3.33. The lowest BCUT2D eigenvalue weighted by molar-refractivity contribution is 0.0697. The maximum Gasteiger partial charge on any atom is 0.335 e. The van der Waals surface area contributed by atoms with Crippen molar-refractivity contribution in [1.82, 2.24) is 9.80 Å². The molecule has 2 aromatic rings. The van der Waals surface area contributed by atoms with Gasteiger partial charge in [-0.25, -0.2) is 4.79 Å². The molecule has 0 aliphatic carbocycles. The van der Waals surface area contributed by atoms with E-state index in [-0.39, 0.29) is 0 Å². The number of hydrogen-bond acceptors (Lipinski definition) is 3. The Morgan fingerprint density at radius 2 is 1.32 bits per heavy atom. The van der Waals surface area contributed by atoms with Crippen molar-refractivity contribution in [2.45, 2.75) is 19.5 Å². The number of hydrogen-bond donors (Lipinski definition) is 1. The van der Waals surface area contributed by atoms with Crippen LogP contribution < -0.4 is 0 Å². The Hall–Kier alpha value is -1.88. The largest absolute Gasteiger partial charge is 0.478 e. The van der Waals surface area contributed by atoms with Gasteiger partial charge in [-0.1, -0.05) is 35.9 Å². The van der Waals surface area contributed by atoms with E-state index in [0.29, 0.717) is 5.56 Å². The predicted molar refractivity (Wildman–Crippen MR) is 100 cm³/mol. The summed E-state index contributed by atoms with van der Waals surface area (Å²) in [6.45, 7) is 6.05. The Labute approximate surface area is 153 Å². The molecule has 1 N–H and O–H groups in total. The first-order valence-corrected chi connectivity index (χ1v) is 8.99. The highest BCUT2D eigenvalue weighted by molar-refractivity contribution is 6.30. The van der Waals surface area contributed by atoms with Crippen molar-refractivity contribution in [2.24, 2.45) is 0 Å². The lowest BCUT2D eigenvalue weighted by Crippen LogP contribution is -2.30. The van der Waals surface area contributed by atoms with Crippen molar-refractivity contribution in [3.8, 4) is 0 Å². The van der Waals surface area contributed by atoms with E-state index < -0.39 is 5.97 Å². The van der Waals surface area contributed by atoms with Gasteiger partial charge in [0.15, 0.2) is 0 Å². The summed E-state index contributed by atoms with van der Waals surface area (Å²) in [4.78, 5) is 15.9. The SMILES string of the molecule is O=C(O)c1ccc(CN2CCCN(Cc3ccc(Cl)cc3)CC2)cc1. The molecule has 1 fully saturated rings. The van der Waals surface area contributed by atoms with Crippen LogP contribution in [0.3, 0.4) is 0 Å². The van der Waals surface area contributed by atoms with E-state index in [0.717, 1.165) is 56.3 Å². The Bertz CT molecular complexity index is 701. The van der Waals surface area contributed by atoms with Crippen LogP contribution in [0, 0.1) is 0 Å². The van der Waals surface area contributed by atoms with Gasteiger partial charge in [-0.3, -0.25) is 9.80 Å². The standard InChI is InChI=1S/C20H23ClN2O2/c21-19-8-4-17(5-9-19)15-23-11-1-10-22(12-13-23)14-16-2-6-18(7-3-16)20(24)25/h2-9H,1,10-15H2,(H,24,25). The average molecular weight is 359 g/mol. The Kier molecular flexibility index (Phi) is 6.08. The summed E-state index contributed by atoms with van der Waals surface area (Å²) in [5.74, 6) is -0.876. The van der Waals surface area contributed by atoms with Crippen molar-refractivity contribution in [3.05, 3.63) is 70.2 Å². The van der Waals surface area contributed by atoms with Crippen LogP contribution >= 0.6 is 11.6 Å². The van der Waals surface area contributed by atoms with Crippen molar-refractivity contribution in [1.29, 1.82) is 0 Å². The van der Waals surface area contributed by atoms with Gasteiger partial charge < -0.3 is 5.11 Å². The molecule has 1 saturated heterocycles. The Morgan fingerprint density at radius 1 is 0.840 bits per heavy atom. The summed E-state index contributed by atoms with van der Waals surface area (Å²) in [7, 11) is 0. The molecular formula is C20H23ClN2O2. The summed E-state index contributed by atoms with van der Waals surface area (Å²) in [6.07, 6.45) is 1.14. The molecule has 4 nitrogen and oxygen atoms in total. The first-order chi connectivity index (χ1) is 12.1. The highest BCUT2D eigenvalue weighted by atomic mass is 35.5. The summed E-state index contributed by atoms with van der Waals surface area (Å²) in [5, 5.41) is 9.75. The van der Waals surface area contributed by atoms with E-state index >= 15 is 0 Å². The maximum absolute atomic E-state index is 10.9. The van der Waals surface area contributed by atoms with Crippen molar-refractivity contribution < 1.29 is 9.90 Å². The molecule has 1 aliphatic heterocycles. The average Bonchev–Trinajstić information content (AvgIpc) is 2.83. The fourth-order valence-electron chi connectivity index (χ4n) is 3.20. The minimum Gasteiger partial charge on any atom is -0.478 e. The molecule has 0 radical (unpaired) electrons. The molecule has 0 bridgehead atoms. The number of carboxylic acids is 1. The third kappa shape index (κ3) is 5.30. The molecule has 0 aromatic heterocycles. The highest BCUT2D eigenvalue weighted by Crippen LogP contribution is 2.14. The second-order valence-corrected chi connectivity index (χ2v) is 6.97. The molecule has 5 heteroatoms. The van der Waals surface area contributed by atoms with E-state index in [2.05, 4.69) is 21.9 Å². The zero-order valence-corrected chi connectivity index (χ0v) is 15.0. The molecule has 0 atom stereocenters. The minimum absolute atomic E-state index is 0.341. The highest BCUT2D eigenvalue weighted by Gasteiger charge is 2.15. The van der Waals surface area contributed by atoms with Crippen molar-refractivity contribution >= 4 is 17.6 Å². The van der Waals surface area contributed by atoms with E-state index in [4.69, 9.17) is 16.7 Å².